The lowest BCUT2D eigenvalue weighted by Crippen LogP contribution is -2.09. The summed E-state index contributed by atoms with van der Waals surface area (Å²) in [6, 6.07) is 12.2. The van der Waals surface area contributed by atoms with Crippen molar-refractivity contribution in [3.05, 3.63) is 70.2 Å². The molecule has 0 aliphatic heterocycles. The number of aryl methyl sites for hydroxylation is 1. The second-order valence-corrected chi connectivity index (χ2v) is 5.08. The van der Waals surface area contributed by atoms with Crippen LogP contribution in [-0.2, 0) is 18.4 Å². The summed E-state index contributed by atoms with van der Waals surface area (Å²) >= 11 is 0. The van der Waals surface area contributed by atoms with Crippen molar-refractivity contribution in [2.24, 2.45) is 7.05 Å². The molecular formula is C16H13N3O5. The number of aromatic nitrogens is 2. The van der Waals surface area contributed by atoms with Crippen molar-refractivity contribution in [3.63, 3.8) is 0 Å². The maximum absolute atomic E-state index is 12.0. The SMILES string of the molecule is Cn1cc([N+](=O)[O-])cc1C(=O)OCc1cc(-c2ccccc2)on1. The van der Waals surface area contributed by atoms with E-state index in [9.17, 15) is 14.9 Å². The van der Waals surface area contributed by atoms with Crippen molar-refractivity contribution >= 4 is 11.7 Å². The molecule has 0 N–H and O–H groups in total. The third-order valence-corrected chi connectivity index (χ3v) is 3.38. The largest absolute Gasteiger partial charge is 0.454 e. The van der Waals surface area contributed by atoms with Crippen LogP contribution in [0.2, 0.25) is 0 Å². The maximum atomic E-state index is 12.0. The second-order valence-electron chi connectivity index (χ2n) is 5.08. The first kappa shape index (κ1) is 15.5. The average molecular weight is 327 g/mol. The molecule has 0 spiro atoms. The minimum absolute atomic E-state index is 0.0891. The Bertz CT molecular complexity index is 882. The predicted octanol–water partition coefficient (Wildman–Crippen LogP) is 2.95. The van der Waals surface area contributed by atoms with Crippen LogP contribution in [-0.4, -0.2) is 20.6 Å². The van der Waals surface area contributed by atoms with Crippen LogP contribution in [0.4, 0.5) is 5.69 Å². The summed E-state index contributed by atoms with van der Waals surface area (Å²) in [5.74, 6) is -0.106. The van der Waals surface area contributed by atoms with E-state index in [0.29, 0.717) is 11.5 Å². The molecule has 0 atom stereocenters. The fourth-order valence-corrected chi connectivity index (χ4v) is 2.18. The molecule has 2 heterocycles. The van der Waals surface area contributed by atoms with Crippen LogP contribution in [0.3, 0.4) is 0 Å². The zero-order chi connectivity index (χ0) is 17.1. The molecule has 1 aromatic carbocycles. The van der Waals surface area contributed by atoms with Gasteiger partial charge in [0.1, 0.15) is 18.0 Å². The zero-order valence-corrected chi connectivity index (χ0v) is 12.7. The van der Waals surface area contributed by atoms with E-state index >= 15 is 0 Å². The number of carbonyl (C=O) groups is 1. The Morgan fingerprint density at radius 1 is 1.33 bits per heavy atom. The normalized spacial score (nSPS) is 10.5. The van der Waals surface area contributed by atoms with Gasteiger partial charge in [-0.15, -0.1) is 0 Å². The van der Waals surface area contributed by atoms with E-state index in [0.717, 1.165) is 5.56 Å². The molecule has 24 heavy (non-hydrogen) atoms. The van der Waals surface area contributed by atoms with Gasteiger partial charge in [-0.3, -0.25) is 10.1 Å². The van der Waals surface area contributed by atoms with Gasteiger partial charge in [0.05, 0.1) is 11.1 Å². The lowest BCUT2D eigenvalue weighted by molar-refractivity contribution is -0.384. The first-order valence-electron chi connectivity index (χ1n) is 7.03. The number of rotatable bonds is 5. The number of nitro groups is 1. The Hall–Kier alpha value is -3.42. The summed E-state index contributed by atoms with van der Waals surface area (Å²) in [5.41, 5.74) is 1.23. The second kappa shape index (κ2) is 6.37. The van der Waals surface area contributed by atoms with Gasteiger partial charge in [-0.2, -0.15) is 0 Å². The van der Waals surface area contributed by atoms with Crippen molar-refractivity contribution in [2.75, 3.05) is 0 Å². The highest BCUT2D eigenvalue weighted by molar-refractivity contribution is 5.88. The smallest absolute Gasteiger partial charge is 0.355 e. The van der Waals surface area contributed by atoms with Crippen LogP contribution in [0.5, 0.6) is 0 Å². The van der Waals surface area contributed by atoms with Gasteiger partial charge in [-0.25, -0.2) is 4.79 Å². The van der Waals surface area contributed by atoms with Gasteiger partial charge in [0.2, 0.25) is 0 Å². The highest BCUT2D eigenvalue weighted by Crippen LogP contribution is 2.21. The van der Waals surface area contributed by atoms with Crippen LogP contribution in [0, 0.1) is 10.1 Å². The first-order valence-corrected chi connectivity index (χ1v) is 7.03. The Kier molecular flexibility index (Phi) is 4.11. The third kappa shape index (κ3) is 3.17. The molecule has 8 heteroatoms. The predicted molar refractivity (Wildman–Crippen MR) is 83.1 cm³/mol. The number of hydrogen-bond acceptors (Lipinski definition) is 6. The molecule has 0 saturated carbocycles. The summed E-state index contributed by atoms with van der Waals surface area (Å²) in [7, 11) is 1.53. The molecule has 0 saturated heterocycles. The molecular weight excluding hydrogens is 314 g/mol. The Morgan fingerprint density at radius 2 is 2.08 bits per heavy atom. The summed E-state index contributed by atoms with van der Waals surface area (Å²) in [5, 5.41) is 14.6. The van der Waals surface area contributed by atoms with E-state index in [1.54, 1.807) is 6.07 Å². The average Bonchev–Trinajstić information content (AvgIpc) is 3.20. The molecule has 0 amide bonds. The van der Waals surface area contributed by atoms with Crippen molar-refractivity contribution in [1.29, 1.82) is 0 Å². The van der Waals surface area contributed by atoms with Gasteiger partial charge in [0, 0.05) is 24.7 Å². The van der Waals surface area contributed by atoms with Crippen molar-refractivity contribution in [3.8, 4) is 11.3 Å². The first-order chi connectivity index (χ1) is 11.5. The van der Waals surface area contributed by atoms with Crippen LogP contribution in [0.1, 0.15) is 16.2 Å². The summed E-state index contributed by atoms with van der Waals surface area (Å²) in [6.45, 7) is -0.0891. The number of benzene rings is 1. The van der Waals surface area contributed by atoms with E-state index in [-0.39, 0.29) is 18.0 Å². The van der Waals surface area contributed by atoms with E-state index in [1.165, 1.54) is 23.9 Å². The topological polar surface area (TPSA) is 100 Å². The van der Waals surface area contributed by atoms with E-state index in [4.69, 9.17) is 9.26 Å². The van der Waals surface area contributed by atoms with E-state index in [1.807, 2.05) is 30.3 Å². The van der Waals surface area contributed by atoms with Gasteiger partial charge in [-0.05, 0) is 0 Å². The molecule has 122 valence electrons. The Balaban J connectivity index is 1.67. The van der Waals surface area contributed by atoms with E-state index in [2.05, 4.69) is 5.16 Å². The van der Waals surface area contributed by atoms with Gasteiger partial charge < -0.3 is 13.8 Å². The number of hydrogen-bond donors (Lipinski definition) is 0. The van der Waals surface area contributed by atoms with Crippen molar-refractivity contribution in [1.82, 2.24) is 9.72 Å². The standard InChI is InChI=1S/C16H13N3O5/c1-18-9-13(19(21)22)8-14(18)16(20)23-10-12-7-15(24-17-12)11-5-3-2-4-6-11/h2-9H,10H2,1H3. The lowest BCUT2D eigenvalue weighted by Gasteiger charge is -2.02. The molecule has 0 bridgehead atoms. The molecule has 0 radical (unpaired) electrons. The minimum Gasteiger partial charge on any atom is -0.454 e. The fraction of sp³-hybridized carbons (Fsp3) is 0.125. The Labute approximate surface area is 136 Å². The van der Waals surface area contributed by atoms with Gasteiger partial charge in [0.25, 0.3) is 5.69 Å². The molecule has 3 aromatic rings. The van der Waals surface area contributed by atoms with Crippen LogP contribution in [0.15, 0.2) is 53.2 Å². The number of esters is 1. The van der Waals surface area contributed by atoms with Gasteiger partial charge >= 0.3 is 5.97 Å². The number of carbonyl (C=O) groups excluding carboxylic acids is 1. The van der Waals surface area contributed by atoms with Crippen molar-refractivity contribution in [2.45, 2.75) is 6.61 Å². The molecule has 0 aliphatic rings. The lowest BCUT2D eigenvalue weighted by atomic mass is 10.2. The minimum atomic E-state index is -0.671. The van der Waals surface area contributed by atoms with Crippen molar-refractivity contribution < 1.29 is 19.0 Å². The van der Waals surface area contributed by atoms with Crippen LogP contribution < -0.4 is 0 Å². The summed E-state index contributed by atoms with van der Waals surface area (Å²) in [6.07, 6.45) is 1.25. The Morgan fingerprint density at radius 3 is 2.75 bits per heavy atom. The van der Waals surface area contributed by atoms with Gasteiger partial charge in [-0.1, -0.05) is 35.5 Å². The number of nitrogens with zero attached hydrogens (tertiary/aromatic N) is 3. The fourth-order valence-electron chi connectivity index (χ4n) is 2.18. The monoisotopic (exact) mass is 327 g/mol. The molecule has 2 aromatic heterocycles. The quantitative estimate of drug-likeness (QED) is 0.406. The summed E-state index contributed by atoms with van der Waals surface area (Å²) in [4.78, 5) is 22.2. The van der Waals surface area contributed by atoms with E-state index < -0.39 is 10.9 Å². The highest BCUT2D eigenvalue weighted by Gasteiger charge is 2.19. The van der Waals surface area contributed by atoms with Crippen LogP contribution in [0.25, 0.3) is 11.3 Å². The maximum Gasteiger partial charge on any atom is 0.355 e. The molecule has 8 nitrogen and oxygen atoms in total. The third-order valence-electron chi connectivity index (χ3n) is 3.38. The van der Waals surface area contributed by atoms with Gasteiger partial charge in [0.15, 0.2) is 5.76 Å². The zero-order valence-electron chi connectivity index (χ0n) is 12.7. The number of ether oxygens (including phenoxy) is 1. The molecule has 0 unspecified atom stereocenters. The highest BCUT2D eigenvalue weighted by atomic mass is 16.6. The molecule has 3 rings (SSSR count). The molecule has 0 aliphatic carbocycles. The summed E-state index contributed by atoms with van der Waals surface area (Å²) < 4.78 is 11.7. The molecule has 0 fully saturated rings. The van der Waals surface area contributed by atoms with Crippen LogP contribution >= 0.6 is 0 Å².